The molecule has 4 amide bonds. The standard InChI is InChI=1S/C31H51N7O8/c1-3-19(2)26(30(44)35-22(31(45)46)14-8-10-16-33)38-29(43)23(17-20-11-5-4-6-12-20)37-28(42)24(18-25(39)40)36-27(41)21(34)13-7-9-15-32/h4-6,11-12,19,21-24,26H,3,7-10,13-18,32-34H2,1-2H3,(H,35,44)(H,36,41)(H,37,42)(H,38,43)(H,39,40)(H,45,46)/t19-,21-,22-,23-,24-,26-/m0/s1. The van der Waals surface area contributed by atoms with Gasteiger partial charge in [0.2, 0.25) is 23.6 Å². The number of aliphatic carboxylic acids is 2. The van der Waals surface area contributed by atoms with E-state index in [9.17, 15) is 39.0 Å². The molecule has 1 aromatic carbocycles. The third-order valence-electron chi connectivity index (χ3n) is 7.59. The number of hydrogen-bond donors (Lipinski definition) is 9. The first kappa shape index (κ1) is 39.9. The Morgan fingerprint density at radius 2 is 1.26 bits per heavy atom. The maximum Gasteiger partial charge on any atom is 0.326 e. The lowest BCUT2D eigenvalue weighted by molar-refractivity contribution is -0.143. The van der Waals surface area contributed by atoms with Gasteiger partial charge in [-0.2, -0.15) is 0 Å². The van der Waals surface area contributed by atoms with E-state index in [0.29, 0.717) is 50.8 Å². The number of unbranched alkanes of at least 4 members (excludes halogenated alkanes) is 2. The van der Waals surface area contributed by atoms with E-state index in [1.165, 1.54) is 0 Å². The average molecular weight is 650 g/mol. The van der Waals surface area contributed by atoms with E-state index in [1.807, 2.05) is 0 Å². The van der Waals surface area contributed by atoms with E-state index in [0.717, 1.165) is 0 Å². The second-order valence-corrected chi connectivity index (χ2v) is 11.4. The van der Waals surface area contributed by atoms with Crippen LogP contribution in [0.25, 0.3) is 0 Å². The molecule has 0 saturated carbocycles. The Labute approximate surface area is 269 Å². The minimum atomic E-state index is -1.55. The first-order chi connectivity index (χ1) is 21.8. The summed E-state index contributed by atoms with van der Waals surface area (Å²) in [5.41, 5.74) is 17.6. The molecule has 1 aromatic rings. The smallest absolute Gasteiger partial charge is 0.326 e. The van der Waals surface area contributed by atoms with Gasteiger partial charge in [0, 0.05) is 6.42 Å². The van der Waals surface area contributed by atoms with Crippen molar-refractivity contribution in [2.24, 2.45) is 23.1 Å². The van der Waals surface area contributed by atoms with Gasteiger partial charge in [-0.15, -0.1) is 0 Å². The fraction of sp³-hybridized carbons (Fsp3) is 0.613. The summed E-state index contributed by atoms with van der Waals surface area (Å²) in [5, 5.41) is 29.1. The Morgan fingerprint density at radius 3 is 1.80 bits per heavy atom. The summed E-state index contributed by atoms with van der Waals surface area (Å²) in [5.74, 6) is -6.13. The molecule has 0 unspecified atom stereocenters. The van der Waals surface area contributed by atoms with Crippen LogP contribution in [0.15, 0.2) is 30.3 Å². The molecule has 258 valence electrons. The van der Waals surface area contributed by atoms with Crippen LogP contribution in [0.2, 0.25) is 0 Å². The molecule has 0 saturated heterocycles. The van der Waals surface area contributed by atoms with Gasteiger partial charge in [-0.1, -0.05) is 57.0 Å². The first-order valence-corrected chi connectivity index (χ1v) is 15.7. The topological polar surface area (TPSA) is 269 Å². The van der Waals surface area contributed by atoms with Crippen molar-refractivity contribution >= 4 is 35.6 Å². The summed E-state index contributed by atoms with van der Waals surface area (Å²) in [7, 11) is 0. The van der Waals surface area contributed by atoms with Crippen molar-refractivity contribution in [3.05, 3.63) is 35.9 Å². The number of carboxylic acids is 2. The zero-order chi connectivity index (χ0) is 34.6. The average Bonchev–Trinajstić information content (AvgIpc) is 3.02. The molecule has 0 aromatic heterocycles. The highest BCUT2D eigenvalue weighted by Crippen LogP contribution is 2.12. The van der Waals surface area contributed by atoms with Crippen LogP contribution in [0.3, 0.4) is 0 Å². The van der Waals surface area contributed by atoms with Gasteiger partial charge in [-0.3, -0.25) is 24.0 Å². The zero-order valence-electron chi connectivity index (χ0n) is 26.7. The Balaban J connectivity index is 3.24. The van der Waals surface area contributed by atoms with E-state index < -0.39 is 78.1 Å². The quantitative estimate of drug-likeness (QED) is 0.0673. The van der Waals surface area contributed by atoms with Gasteiger partial charge in [0.15, 0.2) is 0 Å². The maximum atomic E-state index is 13.7. The van der Waals surface area contributed by atoms with Gasteiger partial charge in [0.05, 0.1) is 12.5 Å². The predicted octanol–water partition coefficient (Wildman–Crippen LogP) is -0.641. The highest BCUT2D eigenvalue weighted by molar-refractivity contribution is 5.96. The maximum absolute atomic E-state index is 13.7. The van der Waals surface area contributed by atoms with E-state index in [2.05, 4.69) is 21.3 Å². The largest absolute Gasteiger partial charge is 0.481 e. The van der Waals surface area contributed by atoms with Crippen molar-refractivity contribution in [3.8, 4) is 0 Å². The first-order valence-electron chi connectivity index (χ1n) is 15.7. The SMILES string of the molecule is CC[C@H](C)[C@H](NC(=O)[C@H](Cc1ccccc1)NC(=O)[C@H](CC(=O)O)NC(=O)[C@@H](N)CCCCN)C(=O)N[C@@H](CCCCN)C(=O)O. The Hall–Kier alpha value is -4.08. The number of benzene rings is 1. The van der Waals surface area contributed by atoms with Crippen molar-refractivity contribution in [1.82, 2.24) is 21.3 Å². The molecular formula is C31H51N7O8. The number of carbonyl (C=O) groups excluding carboxylic acids is 4. The summed E-state index contributed by atoms with van der Waals surface area (Å²) in [6, 6.07) is 2.50. The van der Waals surface area contributed by atoms with Crippen molar-refractivity contribution in [3.63, 3.8) is 0 Å². The van der Waals surface area contributed by atoms with E-state index in [4.69, 9.17) is 17.2 Å². The van der Waals surface area contributed by atoms with Crippen LogP contribution in [0.1, 0.15) is 70.8 Å². The second-order valence-electron chi connectivity index (χ2n) is 11.4. The van der Waals surface area contributed by atoms with Gasteiger partial charge < -0.3 is 48.7 Å². The molecule has 46 heavy (non-hydrogen) atoms. The predicted molar refractivity (Wildman–Crippen MR) is 171 cm³/mol. The molecule has 1 rings (SSSR count). The van der Waals surface area contributed by atoms with Crippen molar-refractivity contribution in [2.75, 3.05) is 13.1 Å². The number of carbonyl (C=O) groups is 6. The van der Waals surface area contributed by atoms with Gasteiger partial charge in [0.1, 0.15) is 24.2 Å². The minimum absolute atomic E-state index is 0.0313. The number of rotatable bonds is 23. The highest BCUT2D eigenvalue weighted by atomic mass is 16.4. The molecular weight excluding hydrogens is 598 g/mol. The number of nitrogens with two attached hydrogens (primary N) is 3. The van der Waals surface area contributed by atoms with Gasteiger partial charge in [-0.05, 0) is 56.7 Å². The van der Waals surface area contributed by atoms with Gasteiger partial charge in [0.25, 0.3) is 0 Å². The van der Waals surface area contributed by atoms with Crippen molar-refractivity contribution in [1.29, 1.82) is 0 Å². The number of nitrogens with one attached hydrogen (secondary N) is 4. The zero-order valence-corrected chi connectivity index (χ0v) is 26.7. The fourth-order valence-electron chi connectivity index (χ4n) is 4.60. The molecule has 0 fully saturated rings. The van der Waals surface area contributed by atoms with E-state index in [-0.39, 0.29) is 19.3 Å². The molecule has 0 spiro atoms. The molecule has 0 aliphatic rings. The number of carboxylic acid groups (broad SMARTS) is 2. The summed E-state index contributed by atoms with van der Waals surface area (Å²) < 4.78 is 0. The van der Waals surface area contributed by atoms with Crippen LogP contribution >= 0.6 is 0 Å². The summed E-state index contributed by atoms with van der Waals surface area (Å²) >= 11 is 0. The fourth-order valence-corrected chi connectivity index (χ4v) is 4.60. The normalized spacial score (nSPS) is 14.9. The lowest BCUT2D eigenvalue weighted by atomic mass is 9.96. The van der Waals surface area contributed by atoms with Crippen molar-refractivity contribution in [2.45, 2.75) is 102 Å². The molecule has 15 heteroatoms. The second kappa shape index (κ2) is 21.6. The molecule has 0 radical (unpaired) electrons. The molecule has 15 nitrogen and oxygen atoms in total. The van der Waals surface area contributed by atoms with Gasteiger partial charge in [-0.25, -0.2) is 4.79 Å². The summed E-state index contributed by atoms with van der Waals surface area (Å²) in [4.78, 5) is 76.5. The lowest BCUT2D eigenvalue weighted by Gasteiger charge is -2.28. The molecule has 0 heterocycles. The van der Waals surface area contributed by atoms with Crippen LogP contribution in [-0.4, -0.2) is 89.1 Å². The van der Waals surface area contributed by atoms with Crippen LogP contribution in [0.4, 0.5) is 0 Å². The Bertz CT molecular complexity index is 1140. The molecule has 12 N–H and O–H groups in total. The molecule has 0 bridgehead atoms. The highest BCUT2D eigenvalue weighted by Gasteiger charge is 2.34. The minimum Gasteiger partial charge on any atom is -0.481 e. The van der Waals surface area contributed by atoms with Crippen LogP contribution in [0.5, 0.6) is 0 Å². The lowest BCUT2D eigenvalue weighted by Crippen LogP contribution is -2.60. The molecule has 0 aliphatic heterocycles. The third kappa shape index (κ3) is 14.8. The molecule has 0 aliphatic carbocycles. The Kier molecular flexibility index (Phi) is 18.8. The van der Waals surface area contributed by atoms with Gasteiger partial charge >= 0.3 is 11.9 Å². The van der Waals surface area contributed by atoms with E-state index in [1.54, 1.807) is 44.2 Å². The number of amides is 4. The summed E-state index contributed by atoms with van der Waals surface area (Å²) in [6.45, 7) is 4.31. The van der Waals surface area contributed by atoms with Crippen LogP contribution < -0.4 is 38.5 Å². The van der Waals surface area contributed by atoms with Crippen LogP contribution in [-0.2, 0) is 35.2 Å². The third-order valence-corrected chi connectivity index (χ3v) is 7.59. The summed E-state index contributed by atoms with van der Waals surface area (Å²) in [6.07, 6.45) is 2.33. The van der Waals surface area contributed by atoms with Crippen molar-refractivity contribution < 1.29 is 39.0 Å². The number of hydrogen-bond acceptors (Lipinski definition) is 9. The monoisotopic (exact) mass is 649 g/mol. The van der Waals surface area contributed by atoms with Crippen LogP contribution in [0, 0.1) is 5.92 Å². The Morgan fingerprint density at radius 1 is 0.717 bits per heavy atom. The molecule has 6 atom stereocenters. The van der Waals surface area contributed by atoms with E-state index >= 15 is 0 Å².